The van der Waals surface area contributed by atoms with E-state index in [2.05, 4.69) is 16.3 Å². The predicted molar refractivity (Wildman–Crippen MR) is 164 cm³/mol. The molecule has 0 amide bonds. The van der Waals surface area contributed by atoms with Gasteiger partial charge in [0.25, 0.3) is 0 Å². The highest BCUT2D eigenvalue weighted by atomic mass is 16.6. The van der Waals surface area contributed by atoms with Gasteiger partial charge in [0.05, 0.1) is 12.1 Å². The molecule has 0 atom stereocenters. The minimum Gasteiger partial charge on any atom is -0.455 e. The average Bonchev–Trinajstić information content (AvgIpc) is 3.30. The quantitative estimate of drug-likeness (QED) is 0.300. The lowest BCUT2D eigenvalue weighted by Gasteiger charge is -2.20. The molecule has 0 radical (unpaired) electrons. The molecule has 0 unspecified atom stereocenters. The summed E-state index contributed by atoms with van der Waals surface area (Å²) in [6, 6.07) is 6.66. The lowest BCUT2D eigenvalue weighted by atomic mass is 10.2. The zero-order chi connectivity index (χ0) is 35.5. The van der Waals surface area contributed by atoms with Gasteiger partial charge in [-0.05, 0) is 95.9 Å². The molecular weight excluding hydrogens is 596 g/mol. The van der Waals surface area contributed by atoms with E-state index < -0.39 is 51.8 Å². The van der Waals surface area contributed by atoms with E-state index in [-0.39, 0.29) is 29.3 Å². The molecule has 2 aromatic heterocycles. The first-order chi connectivity index (χ1) is 20.8. The van der Waals surface area contributed by atoms with E-state index in [1.54, 1.807) is 83.1 Å². The Balaban J connectivity index is 0.000000322. The highest BCUT2D eigenvalue weighted by Crippen LogP contribution is 2.43. The van der Waals surface area contributed by atoms with Crippen molar-refractivity contribution < 1.29 is 38.1 Å². The highest BCUT2D eigenvalue weighted by molar-refractivity contribution is 5.94. The fraction of sp³-hybridized carbons (Fsp3) is 0.625. The molecule has 14 heteroatoms. The molecule has 3 rings (SSSR count). The fourth-order valence-electron chi connectivity index (χ4n) is 3.63. The van der Waals surface area contributed by atoms with Crippen LogP contribution in [0, 0.1) is 22.7 Å². The number of nitrogens with zero attached hydrogens (tertiary/aromatic N) is 6. The summed E-state index contributed by atoms with van der Waals surface area (Å²) in [5.74, 6) is -2.56. The van der Waals surface area contributed by atoms with Gasteiger partial charge in [-0.1, -0.05) is 0 Å². The van der Waals surface area contributed by atoms with Gasteiger partial charge in [-0.25, -0.2) is 28.5 Å². The zero-order valence-electron chi connectivity index (χ0n) is 28.7. The first-order valence-corrected chi connectivity index (χ1v) is 14.7. The minimum atomic E-state index is -0.882. The first-order valence-electron chi connectivity index (χ1n) is 14.7. The van der Waals surface area contributed by atoms with E-state index in [0.29, 0.717) is 12.8 Å². The minimum absolute atomic E-state index is 0.00712. The van der Waals surface area contributed by atoms with Gasteiger partial charge in [0.15, 0.2) is 11.4 Å². The molecule has 1 aliphatic carbocycles. The van der Waals surface area contributed by atoms with Crippen LogP contribution in [0.4, 0.5) is 0 Å². The van der Waals surface area contributed by atoms with Crippen LogP contribution in [0.1, 0.15) is 138 Å². The van der Waals surface area contributed by atoms with Gasteiger partial charge < -0.3 is 18.9 Å². The number of carbonyl (C=O) groups is 4. The monoisotopic (exact) mass is 640 g/mol. The molecule has 1 aliphatic rings. The second kappa shape index (κ2) is 13.3. The van der Waals surface area contributed by atoms with Gasteiger partial charge in [-0.15, -0.1) is 0 Å². The van der Waals surface area contributed by atoms with E-state index >= 15 is 0 Å². The average molecular weight is 641 g/mol. The van der Waals surface area contributed by atoms with Crippen LogP contribution in [0.3, 0.4) is 0 Å². The van der Waals surface area contributed by atoms with Gasteiger partial charge in [0.2, 0.25) is 0 Å². The molecule has 250 valence electrons. The Kier molecular flexibility index (Phi) is 10.9. The van der Waals surface area contributed by atoms with Crippen LogP contribution >= 0.6 is 0 Å². The van der Waals surface area contributed by atoms with Crippen molar-refractivity contribution in [2.45, 2.75) is 130 Å². The van der Waals surface area contributed by atoms with Crippen LogP contribution in [0.5, 0.6) is 0 Å². The Labute approximate surface area is 269 Å². The summed E-state index contributed by atoms with van der Waals surface area (Å²) in [5.41, 5.74) is -3.54. The van der Waals surface area contributed by atoms with Crippen molar-refractivity contribution in [1.29, 1.82) is 10.5 Å². The van der Waals surface area contributed by atoms with Crippen molar-refractivity contribution in [2.24, 2.45) is 0 Å². The molecule has 14 nitrogen and oxygen atoms in total. The summed E-state index contributed by atoms with van der Waals surface area (Å²) in [6.07, 6.45) is 1.16. The Morgan fingerprint density at radius 1 is 0.674 bits per heavy atom. The third kappa shape index (κ3) is 11.0. The molecule has 2 aromatic rings. The van der Waals surface area contributed by atoms with E-state index in [0.717, 1.165) is 4.68 Å². The molecule has 1 saturated carbocycles. The number of carbonyl (C=O) groups excluding carboxylic acids is 4. The molecule has 2 heterocycles. The van der Waals surface area contributed by atoms with Gasteiger partial charge in [0, 0.05) is 12.1 Å². The lowest BCUT2D eigenvalue weighted by molar-refractivity contribution is 0.00424. The molecule has 1 fully saturated rings. The molecule has 0 bridgehead atoms. The van der Waals surface area contributed by atoms with Crippen LogP contribution in [0.25, 0.3) is 0 Å². The van der Waals surface area contributed by atoms with Crippen molar-refractivity contribution in [3.05, 3.63) is 34.9 Å². The molecule has 0 N–H and O–H groups in total. The largest absolute Gasteiger partial charge is 0.455 e. The summed E-state index contributed by atoms with van der Waals surface area (Å²) >= 11 is 0. The smallest absolute Gasteiger partial charge is 0.359 e. The molecule has 0 aliphatic heterocycles. The maximum Gasteiger partial charge on any atom is 0.359 e. The van der Waals surface area contributed by atoms with Crippen molar-refractivity contribution >= 4 is 23.9 Å². The Bertz CT molecular complexity index is 1560. The second-order valence-corrected chi connectivity index (χ2v) is 14.7. The van der Waals surface area contributed by atoms with Gasteiger partial charge in [-0.2, -0.15) is 20.7 Å². The SMILES string of the molecule is CC(C)(C)OC(=O)c1cc(C(=O)OC(C)(C)C)n(C2(C#N)CC2)n1.CC(C)(C)OC(=O)c1cc(C(=O)OC(C)(C)C)n(CC#N)n1. The van der Waals surface area contributed by atoms with Crippen molar-refractivity contribution in [3.63, 3.8) is 0 Å². The highest BCUT2D eigenvalue weighted by Gasteiger charge is 2.49. The second-order valence-electron chi connectivity index (χ2n) is 14.7. The topological polar surface area (TPSA) is 188 Å². The van der Waals surface area contributed by atoms with Gasteiger partial charge in [-0.3, -0.25) is 0 Å². The number of rotatable bonds is 6. The maximum absolute atomic E-state index is 12.4. The van der Waals surface area contributed by atoms with Crippen LogP contribution < -0.4 is 0 Å². The number of nitriles is 2. The molecular formula is C32H44N6O8. The van der Waals surface area contributed by atoms with Crippen LogP contribution in [-0.2, 0) is 31.0 Å². The number of esters is 4. The van der Waals surface area contributed by atoms with E-state index in [9.17, 15) is 24.4 Å². The van der Waals surface area contributed by atoms with Gasteiger partial charge in [0.1, 0.15) is 45.9 Å². The Morgan fingerprint density at radius 2 is 1.04 bits per heavy atom. The fourth-order valence-corrected chi connectivity index (χ4v) is 3.63. The summed E-state index contributed by atoms with van der Waals surface area (Å²) < 4.78 is 23.5. The maximum atomic E-state index is 12.4. The first kappa shape index (κ1) is 37.5. The predicted octanol–water partition coefficient (Wildman–Crippen LogP) is 5.12. The molecule has 0 aromatic carbocycles. The summed E-state index contributed by atoms with van der Waals surface area (Å²) in [7, 11) is 0. The lowest BCUT2D eigenvalue weighted by Crippen LogP contribution is -2.28. The number of ether oxygens (including phenoxy) is 4. The van der Waals surface area contributed by atoms with E-state index in [1.165, 1.54) is 16.8 Å². The Hall–Kier alpha value is -4.72. The van der Waals surface area contributed by atoms with Crippen LogP contribution in [0.2, 0.25) is 0 Å². The van der Waals surface area contributed by atoms with Crippen molar-refractivity contribution in [2.75, 3.05) is 0 Å². The van der Waals surface area contributed by atoms with Crippen molar-refractivity contribution in [3.8, 4) is 12.1 Å². The summed E-state index contributed by atoms with van der Waals surface area (Å²) in [4.78, 5) is 48.8. The van der Waals surface area contributed by atoms with E-state index in [1.807, 2.05) is 6.07 Å². The number of hydrogen-bond acceptors (Lipinski definition) is 12. The number of hydrogen-bond donors (Lipinski definition) is 0. The summed E-state index contributed by atoms with van der Waals surface area (Å²) in [5, 5.41) is 26.3. The van der Waals surface area contributed by atoms with Crippen LogP contribution in [0.15, 0.2) is 12.1 Å². The van der Waals surface area contributed by atoms with E-state index in [4.69, 9.17) is 24.2 Å². The van der Waals surface area contributed by atoms with Gasteiger partial charge >= 0.3 is 23.9 Å². The molecule has 0 spiro atoms. The number of aromatic nitrogens is 4. The standard InChI is InChI=1S/C17H23N3O4.C15H21N3O4/c1-15(2,3)23-13(21)11-9-12(14(22)24-16(4,5)6)20(19-11)17(10-18)7-8-17;1-14(2,3)21-12(19)10-9-11(18(17-10)8-7-16)13(20)22-15(4,5)6/h9H,7-8H2,1-6H3;9H,8H2,1-6H3. The van der Waals surface area contributed by atoms with Crippen LogP contribution in [-0.4, -0.2) is 65.8 Å². The zero-order valence-corrected chi connectivity index (χ0v) is 28.7. The normalized spacial score (nSPS) is 14.0. The molecule has 46 heavy (non-hydrogen) atoms. The Morgan fingerprint density at radius 3 is 1.41 bits per heavy atom. The third-order valence-electron chi connectivity index (χ3n) is 5.48. The molecule has 0 saturated heterocycles. The third-order valence-corrected chi connectivity index (χ3v) is 5.48. The van der Waals surface area contributed by atoms with Crippen molar-refractivity contribution in [1.82, 2.24) is 19.6 Å². The summed E-state index contributed by atoms with van der Waals surface area (Å²) in [6.45, 7) is 20.7.